The van der Waals surface area contributed by atoms with Crippen molar-refractivity contribution in [1.82, 2.24) is 14.8 Å². The van der Waals surface area contributed by atoms with Crippen LogP contribution >= 0.6 is 0 Å². The molecule has 1 N–H and O–H groups in total. The number of hydrogen-bond acceptors (Lipinski definition) is 3. The Kier molecular flexibility index (Phi) is 3.52. The number of amides is 1. The molecule has 0 saturated carbocycles. The number of aromatic nitrogens is 1. The lowest BCUT2D eigenvalue weighted by Gasteiger charge is -2.22. The van der Waals surface area contributed by atoms with E-state index in [0.29, 0.717) is 25.0 Å². The van der Waals surface area contributed by atoms with Gasteiger partial charge in [0.25, 0.3) is 5.91 Å². The first-order valence-electron chi connectivity index (χ1n) is 6.13. The first-order chi connectivity index (χ1) is 8.50. The second-order valence-corrected chi connectivity index (χ2v) is 5.14. The summed E-state index contributed by atoms with van der Waals surface area (Å²) in [5, 5.41) is 0. The number of nitrogens with zero attached hydrogens (tertiary/aromatic N) is 2. The minimum absolute atomic E-state index is 0.173. The summed E-state index contributed by atoms with van der Waals surface area (Å²) in [5.74, 6) is 0.250. The van der Waals surface area contributed by atoms with Crippen LogP contribution in [0.1, 0.15) is 17.3 Å². The molecule has 1 saturated heterocycles. The maximum atomic E-state index is 12.3. The number of likely N-dealkylation sites (tertiary alicyclic amines) is 1. The van der Waals surface area contributed by atoms with E-state index in [1.165, 1.54) is 18.5 Å². The summed E-state index contributed by atoms with van der Waals surface area (Å²) in [5.41, 5.74) is 0.00353. The molecule has 1 aromatic heterocycles. The van der Waals surface area contributed by atoms with Crippen molar-refractivity contribution in [2.24, 2.45) is 5.92 Å². The van der Waals surface area contributed by atoms with Gasteiger partial charge in [0.1, 0.15) is 5.56 Å². The van der Waals surface area contributed by atoms with Crippen LogP contribution in [0, 0.1) is 5.92 Å². The molecule has 5 nitrogen and oxygen atoms in total. The highest BCUT2D eigenvalue weighted by molar-refractivity contribution is 5.94. The Labute approximate surface area is 106 Å². The third-order valence-corrected chi connectivity index (χ3v) is 3.58. The van der Waals surface area contributed by atoms with Crippen LogP contribution in [0.4, 0.5) is 0 Å². The second-order valence-electron chi connectivity index (χ2n) is 5.14. The standard InChI is InChI=1S/C13H19N3O2/c1-9-7-16(8-11(9)15(2)3)13(18)10-6-14-5-4-12(10)17/h4-6,9,11H,7-8H2,1-3H3,(H,14,17). The quantitative estimate of drug-likeness (QED) is 0.825. The van der Waals surface area contributed by atoms with Crippen molar-refractivity contribution < 1.29 is 4.79 Å². The third-order valence-electron chi connectivity index (χ3n) is 3.58. The fraction of sp³-hybridized carbons (Fsp3) is 0.538. The average Bonchev–Trinajstić information content (AvgIpc) is 2.71. The molecular weight excluding hydrogens is 230 g/mol. The number of nitrogens with one attached hydrogen (secondary N) is 1. The second kappa shape index (κ2) is 4.94. The molecule has 1 amide bonds. The normalized spacial score (nSPS) is 23.7. The van der Waals surface area contributed by atoms with Gasteiger partial charge in [0, 0.05) is 37.6 Å². The van der Waals surface area contributed by atoms with Crippen molar-refractivity contribution in [2.75, 3.05) is 27.2 Å². The highest BCUT2D eigenvalue weighted by atomic mass is 16.2. The minimum atomic E-state index is -0.222. The maximum Gasteiger partial charge on any atom is 0.259 e. The Morgan fingerprint density at radius 1 is 1.44 bits per heavy atom. The van der Waals surface area contributed by atoms with Crippen molar-refractivity contribution >= 4 is 5.91 Å². The van der Waals surface area contributed by atoms with Gasteiger partial charge in [-0.2, -0.15) is 0 Å². The molecule has 18 heavy (non-hydrogen) atoms. The lowest BCUT2D eigenvalue weighted by Crippen LogP contribution is -2.36. The smallest absolute Gasteiger partial charge is 0.259 e. The first-order valence-corrected chi connectivity index (χ1v) is 6.13. The van der Waals surface area contributed by atoms with E-state index in [1.54, 1.807) is 4.90 Å². The monoisotopic (exact) mass is 249 g/mol. The third kappa shape index (κ3) is 2.31. The van der Waals surface area contributed by atoms with Crippen LogP contribution in [0.25, 0.3) is 0 Å². The SMILES string of the molecule is CC1CN(C(=O)c2c[nH]ccc2=O)CC1N(C)C. The summed E-state index contributed by atoms with van der Waals surface area (Å²) in [6, 6.07) is 1.74. The molecule has 0 bridgehead atoms. The zero-order valence-electron chi connectivity index (χ0n) is 11.0. The molecule has 2 rings (SSSR count). The number of hydrogen-bond donors (Lipinski definition) is 1. The minimum Gasteiger partial charge on any atom is -0.367 e. The van der Waals surface area contributed by atoms with Gasteiger partial charge in [0.05, 0.1) is 0 Å². The lowest BCUT2D eigenvalue weighted by atomic mass is 10.1. The van der Waals surface area contributed by atoms with Crippen LogP contribution in [-0.2, 0) is 0 Å². The first kappa shape index (κ1) is 12.8. The molecule has 5 heteroatoms. The molecule has 1 aromatic rings. The van der Waals surface area contributed by atoms with E-state index >= 15 is 0 Å². The van der Waals surface area contributed by atoms with Crippen molar-refractivity contribution in [1.29, 1.82) is 0 Å². The Hall–Kier alpha value is -1.62. The summed E-state index contributed by atoms with van der Waals surface area (Å²) >= 11 is 0. The van der Waals surface area contributed by atoms with E-state index in [2.05, 4.69) is 16.8 Å². The zero-order chi connectivity index (χ0) is 13.3. The molecule has 0 spiro atoms. The molecule has 0 aliphatic carbocycles. The maximum absolute atomic E-state index is 12.3. The van der Waals surface area contributed by atoms with E-state index in [-0.39, 0.29) is 16.9 Å². The fourth-order valence-electron chi connectivity index (χ4n) is 2.54. The molecule has 1 aliphatic heterocycles. The summed E-state index contributed by atoms with van der Waals surface area (Å²) in [4.78, 5) is 30.6. The average molecular weight is 249 g/mol. The molecule has 0 radical (unpaired) electrons. The molecule has 2 heterocycles. The highest BCUT2D eigenvalue weighted by Gasteiger charge is 2.34. The van der Waals surface area contributed by atoms with Gasteiger partial charge in [-0.05, 0) is 20.0 Å². The van der Waals surface area contributed by atoms with Gasteiger partial charge >= 0.3 is 0 Å². The number of rotatable bonds is 2. The van der Waals surface area contributed by atoms with Crippen LogP contribution in [-0.4, -0.2) is 53.9 Å². The Morgan fingerprint density at radius 3 is 2.72 bits per heavy atom. The van der Waals surface area contributed by atoms with Gasteiger partial charge in [0.2, 0.25) is 0 Å². The van der Waals surface area contributed by atoms with Crippen molar-refractivity contribution in [3.63, 3.8) is 0 Å². The predicted octanol–water partition coefficient (Wildman–Crippen LogP) is 0.397. The Balaban J connectivity index is 2.17. The van der Waals surface area contributed by atoms with Crippen LogP contribution in [0.2, 0.25) is 0 Å². The highest BCUT2D eigenvalue weighted by Crippen LogP contribution is 2.20. The summed E-state index contributed by atoms with van der Waals surface area (Å²) in [6.07, 6.45) is 3.02. The number of carbonyl (C=O) groups is 1. The largest absolute Gasteiger partial charge is 0.367 e. The predicted molar refractivity (Wildman–Crippen MR) is 69.6 cm³/mol. The number of aromatic amines is 1. The number of carbonyl (C=O) groups excluding carboxylic acids is 1. The topological polar surface area (TPSA) is 56.4 Å². The molecule has 2 unspecified atom stereocenters. The van der Waals surface area contributed by atoms with Crippen molar-refractivity contribution in [3.05, 3.63) is 34.2 Å². The molecule has 0 aromatic carbocycles. The molecule has 1 aliphatic rings. The Morgan fingerprint density at radius 2 is 2.17 bits per heavy atom. The van der Waals surface area contributed by atoms with Gasteiger partial charge in [-0.25, -0.2) is 0 Å². The molecular formula is C13H19N3O2. The molecule has 98 valence electrons. The van der Waals surface area contributed by atoms with Gasteiger partial charge in [-0.15, -0.1) is 0 Å². The van der Waals surface area contributed by atoms with Gasteiger partial charge in [-0.3, -0.25) is 9.59 Å². The van der Waals surface area contributed by atoms with Crippen molar-refractivity contribution in [3.8, 4) is 0 Å². The van der Waals surface area contributed by atoms with Gasteiger partial charge < -0.3 is 14.8 Å². The summed E-state index contributed by atoms with van der Waals surface area (Å²) in [6.45, 7) is 3.52. The fourth-order valence-corrected chi connectivity index (χ4v) is 2.54. The number of H-pyrrole nitrogens is 1. The van der Waals surface area contributed by atoms with E-state index < -0.39 is 0 Å². The van der Waals surface area contributed by atoms with Gasteiger partial charge in [-0.1, -0.05) is 6.92 Å². The lowest BCUT2D eigenvalue weighted by molar-refractivity contribution is 0.0780. The Bertz CT molecular complexity index is 495. The van der Waals surface area contributed by atoms with Crippen LogP contribution in [0.3, 0.4) is 0 Å². The van der Waals surface area contributed by atoms with E-state index in [0.717, 1.165) is 0 Å². The van der Waals surface area contributed by atoms with E-state index in [1.807, 2.05) is 14.1 Å². The van der Waals surface area contributed by atoms with E-state index in [4.69, 9.17) is 0 Å². The number of pyridine rings is 1. The number of likely N-dealkylation sites (N-methyl/N-ethyl adjacent to an activating group) is 1. The summed E-state index contributed by atoms with van der Waals surface area (Å²) in [7, 11) is 4.04. The van der Waals surface area contributed by atoms with Crippen molar-refractivity contribution in [2.45, 2.75) is 13.0 Å². The van der Waals surface area contributed by atoms with Crippen LogP contribution in [0.5, 0.6) is 0 Å². The van der Waals surface area contributed by atoms with Crippen LogP contribution in [0.15, 0.2) is 23.3 Å². The van der Waals surface area contributed by atoms with Gasteiger partial charge in [0.15, 0.2) is 5.43 Å². The zero-order valence-corrected chi connectivity index (χ0v) is 11.0. The van der Waals surface area contributed by atoms with Crippen LogP contribution < -0.4 is 5.43 Å². The molecule has 1 fully saturated rings. The molecule has 2 atom stereocenters. The van der Waals surface area contributed by atoms with E-state index in [9.17, 15) is 9.59 Å². The summed E-state index contributed by atoms with van der Waals surface area (Å²) < 4.78 is 0.